The first-order chi connectivity index (χ1) is 9.88. The summed E-state index contributed by atoms with van der Waals surface area (Å²) in [4.78, 5) is 11.0. The largest absolute Gasteiger partial charge is 0.478 e. The number of rotatable bonds is 8. The van der Waals surface area contributed by atoms with Crippen molar-refractivity contribution in [2.24, 2.45) is 0 Å². The SMILES string of the molecule is O=C(O)c1ccccc1NC[C@@H](O)[C@H](O)[C@H](O)[C@H](O)CO. The van der Waals surface area contributed by atoms with Gasteiger partial charge in [0.15, 0.2) is 0 Å². The number of nitrogens with one attached hydrogen (secondary N) is 1. The summed E-state index contributed by atoms with van der Waals surface area (Å²) in [6.45, 7) is -1.01. The van der Waals surface area contributed by atoms with E-state index in [4.69, 9.17) is 10.2 Å². The summed E-state index contributed by atoms with van der Waals surface area (Å²) < 4.78 is 0. The Balaban J connectivity index is 2.65. The molecule has 4 atom stereocenters. The molecule has 7 N–H and O–H groups in total. The number of carboxylic acids is 1. The number of para-hydroxylation sites is 1. The van der Waals surface area contributed by atoms with Crippen molar-refractivity contribution < 1.29 is 35.4 Å². The fraction of sp³-hybridized carbons (Fsp3) is 0.462. The van der Waals surface area contributed by atoms with Crippen molar-refractivity contribution in [1.29, 1.82) is 0 Å². The van der Waals surface area contributed by atoms with Crippen molar-refractivity contribution in [3.63, 3.8) is 0 Å². The van der Waals surface area contributed by atoms with E-state index in [2.05, 4.69) is 5.32 Å². The highest BCUT2D eigenvalue weighted by molar-refractivity contribution is 5.94. The van der Waals surface area contributed by atoms with Crippen molar-refractivity contribution in [1.82, 2.24) is 0 Å². The molecule has 0 saturated heterocycles. The van der Waals surface area contributed by atoms with Crippen LogP contribution in [0.4, 0.5) is 5.69 Å². The topological polar surface area (TPSA) is 150 Å². The minimum atomic E-state index is -1.72. The molecule has 0 bridgehead atoms. The molecule has 0 fully saturated rings. The van der Waals surface area contributed by atoms with E-state index in [-0.39, 0.29) is 17.8 Å². The number of anilines is 1. The summed E-state index contributed by atoms with van der Waals surface area (Å²) >= 11 is 0. The Hall–Kier alpha value is -1.71. The second kappa shape index (κ2) is 7.91. The maximum atomic E-state index is 11.0. The predicted molar refractivity (Wildman–Crippen MR) is 73.0 cm³/mol. The third-order valence-corrected chi connectivity index (χ3v) is 2.98. The Morgan fingerprint density at radius 1 is 1.05 bits per heavy atom. The standard InChI is InChI=1S/C13H19NO7/c15-6-10(17)12(19)11(18)9(16)5-14-8-4-2-1-3-7(8)13(20)21/h1-4,9-12,14-19H,5-6H2,(H,20,21)/t9-,10-,11+,12-/m1/s1. The average Bonchev–Trinajstić information content (AvgIpc) is 2.50. The highest BCUT2D eigenvalue weighted by Crippen LogP contribution is 2.15. The summed E-state index contributed by atoms with van der Waals surface area (Å²) in [6, 6.07) is 6.00. The van der Waals surface area contributed by atoms with Crippen molar-refractivity contribution in [3.05, 3.63) is 29.8 Å². The number of benzene rings is 1. The van der Waals surface area contributed by atoms with Crippen LogP contribution in [-0.2, 0) is 0 Å². The molecule has 0 heterocycles. The Bertz CT molecular complexity index is 468. The van der Waals surface area contributed by atoms with E-state index in [0.29, 0.717) is 0 Å². The molecular formula is C13H19NO7. The zero-order chi connectivity index (χ0) is 16.0. The van der Waals surface area contributed by atoms with Gasteiger partial charge in [0, 0.05) is 12.2 Å². The second-order valence-electron chi connectivity index (χ2n) is 4.53. The number of aliphatic hydroxyl groups excluding tert-OH is 5. The fourth-order valence-corrected chi connectivity index (χ4v) is 1.72. The van der Waals surface area contributed by atoms with E-state index >= 15 is 0 Å². The number of hydrogen-bond acceptors (Lipinski definition) is 7. The molecule has 0 aliphatic heterocycles. The molecule has 0 spiro atoms. The van der Waals surface area contributed by atoms with Gasteiger partial charge in [0.1, 0.15) is 18.3 Å². The van der Waals surface area contributed by atoms with Crippen LogP contribution in [0.1, 0.15) is 10.4 Å². The molecule has 21 heavy (non-hydrogen) atoms. The first-order valence-electron chi connectivity index (χ1n) is 6.27. The first-order valence-corrected chi connectivity index (χ1v) is 6.27. The summed E-state index contributed by atoms with van der Waals surface area (Å²) in [7, 11) is 0. The van der Waals surface area contributed by atoms with Gasteiger partial charge in [0.05, 0.1) is 18.3 Å². The molecule has 0 aliphatic rings. The van der Waals surface area contributed by atoms with E-state index in [0.717, 1.165) is 0 Å². The monoisotopic (exact) mass is 301 g/mol. The second-order valence-corrected chi connectivity index (χ2v) is 4.53. The van der Waals surface area contributed by atoms with Gasteiger partial charge in [-0.15, -0.1) is 0 Å². The molecule has 0 saturated carbocycles. The molecule has 0 aliphatic carbocycles. The Morgan fingerprint density at radius 3 is 2.19 bits per heavy atom. The lowest BCUT2D eigenvalue weighted by Gasteiger charge is -2.26. The highest BCUT2D eigenvalue weighted by Gasteiger charge is 2.29. The van der Waals surface area contributed by atoms with Crippen LogP contribution >= 0.6 is 0 Å². The molecule has 8 heteroatoms. The third-order valence-electron chi connectivity index (χ3n) is 2.98. The van der Waals surface area contributed by atoms with E-state index in [1.807, 2.05) is 0 Å². The van der Waals surface area contributed by atoms with Crippen LogP contribution in [0.5, 0.6) is 0 Å². The molecule has 0 aromatic heterocycles. The van der Waals surface area contributed by atoms with Gasteiger partial charge in [-0.2, -0.15) is 0 Å². The lowest BCUT2D eigenvalue weighted by Crippen LogP contribution is -2.48. The fourth-order valence-electron chi connectivity index (χ4n) is 1.72. The van der Waals surface area contributed by atoms with Crippen LogP contribution in [0.25, 0.3) is 0 Å². The molecule has 0 amide bonds. The van der Waals surface area contributed by atoms with Crippen molar-refractivity contribution in [2.45, 2.75) is 24.4 Å². The number of hydrogen-bond donors (Lipinski definition) is 7. The van der Waals surface area contributed by atoms with Gasteiger partial charge in [-0.05, 0) is 12.1 Å². The maximum Gasteiger partial charge on any atom is 0.337 e. The minimum absolute atomic E-state index is 0.00451. The number of aliphatic hydroxyl groups is 5. The molecular weight excluding hydrogens is 282 g/mol. The van der Waals surface area contributed by atoms with Crippen molar-refractivity contribution >= 4 is 11.7 Å². The predicted octanol–water partition coefficient (Wildman–Crippen LogP) is -1.77. The number of aromatic carboxylic acids is 1. The van der Waals surface area contributed by atoms with Gasteiger partial charge in [-0.1, -0.05) is 12.1 Å². The smallest absolute Gasteiger partial charge is 0.337 e. The molecule has 1 rings (SSSR count). The van der Waals surface area contributed by atoms with Gasteiger partial charge >= 0.3 is 5.97 Å². The van der Waals surface area contributed by atoms with Gasteiger partial charge in [-0.25, -0.2) is 4.79 Å². The molecule has 1 aromatic rings. The first kappa shape index (κ1) is 17.3. The molecule has 0 radical (unpaired) electrons. The Labute approximate surface area is 120 Å². The molecule has 118 valence electrons. The van der Waals surface area contributed by atoms with Crippen molar-refractivity contribution in [2.75, 3.05) is 18.5 Å². The quantitative estimate of drug-likeness (QED) is 0.298. The summed E-state index contributed by atoms with van der Waals surface area (Å²) in [5.41, 5.74) is 0.239. The average molecular weight is 301 g/mol. The van der Waals surface area contributed by atoms with Crippen LogP contribution in [0.15, 0.2) is 24.3 Å². The van der Waals surface area contributed by atoms with Gasteiger partial charge in [-0.3, -0.25) is 0 Å². The lowest BCUT2D eigenvalue weighted by molar-refractivity contribution is -0.111. The van der Waals surface area contributed by atoms with Crippen LogP contribution < -0.4 is 5.32 Å². The van der Waals surface area contributed by atoms with Crippen LogP contribution in [0.3, 0.4) is 0 Å². The maximum absolute atomic E-state index is 11.0. The minimum Gasteiger partial charge on any atom is -0.478 e. The van der Waals surface area contributed by atoms with E-state index in [1.165, 1.54) is 12.1 Å². The highest BCUT2D eigenvalue weighted by atomic mass is 16.4. The lowest BCUT2D eigenvalue weighted by atomic mass is 10.0. The summed E-state index contributed by atoms with van der Waals surface area (Å²) in [5.74, 6) is -1.15. The van der Waals surface area contributed by atoms with Gasteiger partial charge in [0.25, 0.3) is 0 Å². The van der Waals surface area contributed by atoms with Crippen LogP contribution in [-0.4, -0.2) is 74.2 Å². The van der Waals surface area contributed by atoms with Crippen LogP contribution in [0.2, 0.25) is 0 Å². The zero-order valence-corrected chi connectivity index (χ0v) is 11.1. The molecule has 0 unspecified atom stereocenters. The molecule has 1 aromatic carbocycles. The normalized spacial score (nSPS) is 16.8. The van der Waals surface area contributed by atoms with Crippen LogP contribution in [0, 0.1) is 0 Å². The summed E-state index contributed by atoms with van der Waals surface area (Å²) in [5, 5.41) is 58.2. The van der Waals surface area contributed by atoms with Gasteiger partial charge in [0.2, 0.25) is 0 Å². The zero-order valence-electron chi connectivity index (χ0n) is 11.1. The number of carboxylic acid groups (broad SMARTS) is 1. The van der Waals surface area contributed by atoms with Gasteiger partial charge < -0.3 is 36.0 Å². The Kier molecular flexibility index (Phi) is 6.53. The van der Waals surface area contributed by atoms with E-state index < -0.39 is 37.0 Å². The Morgan fingerprint density at radius 2 is 1.62 bits per heavy atom. The van der Waals surface area contributed by atoms with Crippen molar-refractivity contribution in [3.8, 4) is 0 Å². The third kappa shape index (κ3) is 4.66. The molecule has 8 nitrogen and oxygen atoms in total. The number of carbonyl (C=O) groups is 1. The van der Waals surface area contributed by atoms with E-state index in [1.54, 1.807) is 12.1 Å². The summed E-state index contributed by atoms with van der Waals surface area (Å²) in [6.07, 6.45) is -6.47. The van der Waals surface area contributed by atoms with E-state index in [9.17, 15) is 25.2 Å².